The van der Waals surface area contributed by atoms with Gasteiger partial charge < -0.3 is 14.3 Å². The van der Waals surface area contributed by atoms with E-state index >= 15 is 0 Å². The second kappa shape index (κ2) is 4.61. The summed E-state index contributed by atoms with van der Waals surface area (Å²) in [5, 5.41) is 0. The maximum Gasteiger partial charge on any atom is 0.197 e. The molecule has 0 bridgehead atoms. The van der Waals surface area contributed by atoms with Gasteiger partial charge in [0.2, 0.25) is 0 Å². The van der Waals surface area contributed by atoms with Crippen LogP contribution in [0.2, 0.25) is 0 Å². The van der Waals surface area contributed by atoms with E-state index in [0.717, 1.165) is 5.75 Å². The van der Waals surface area contributed by atoms with Crippen molar-refractivity contribution >= 4 is 0 Å². The molecule has 2 rings (SSSR count). The Kier molecular flexibility index (Phi) is 3.00. The molecule has 84 valence electrons. The van der Waals surface area contributed by atoms with E-state index in [0.29, 0.717) is 11.5 Å². The first kappa shape index (κ1) is 10.4. The van der Waals surface area contributed by atoms with Gasteiger partial charge in [0.1, 0.15) is 5.75 Å². The van der Waals surface area contributed by atoms with Crippen LogP contribution in [0.15, 0.2) is 42.7 Å². The maximum atomic E-state index is 5.58. The Bertz CT molecular complexity index is 451. The molecule has 0 aliphatic carbocycles. The molecule has 1 heterocycles. The molecule has 4 nitrogen and oxygen atoms in total. The highest BCUT2D eigenvalue weighted by molar-refractivity contribution is 5.45. The van der Waals surface area contributed by atoms with Gasteiger partial charge in [0.05, 0.1) is 14.2 Å². The first-order valence-electron chi connectivity index (χ1n) is 4.87. The lowest BCUT2D eigenvalue weighted by Gasteiger charge is -2.11. The molecule has 0 N–H and O–H groups in total. The Hall–Kier alpha value is -2.10. The number of aromatic nitrogens is 1. The molecule has 16 heavy (non-hydrogen) atoms. The Morgan fingerprint density at radius 2 is 1.69 bits per heavy atom. The quantitative estimate of drug-likeness (QED) is 0.791. The molecular weight excluding hydrogens is 206 g/mol. The summed E-state index contributed by atoms with van der Waals surface area (Å²) >= 11 is 0. The van der Waals surface area contributed by atoms with E-state index < -0.39 is 0 Å². The van der Waals surface area contributed by atoms with Crippen LogP contribution in [0.4, 0.5) is 0 Å². The molecule has 4 heteroatoms. The average Bonchev–Trinajstić information content (AvgIpc) is 2.82. The maximum absolute atomic E-state index is 5.58. The SMILES string of the molecule is COc1ccc(On2cccc2)c(OC)c1. The minimum atomic E-state index is 0.632. The van der Waals surface area contributed by atoms with E-state index in [4.69, 9.17) is 14.3 Å². The van der Waals surface area contributed by atoms with Crippen LogP contribution in [0.1, 0.15) is 0 Å². The van der Waals surface area contributed by atoms with Crippen LogP contribution < -0.4 is 14.3 Å². The lowest BCUT2D eigenvalue weighted by atomic mass is 10.3. The standard InChI is InChI=1S/C12H13NO3/c1-14-10-5-6-11(12(9-10)15-2)16-13-7-3-4-8-13/h3-9H,1-2H3. The van der Waals surface area contributed by atoms with Crippen LogP contribution >= 0.6 is 0 Å². The topological polar surface area (TPSA) is 32.6 Å². The lowest BCUT2D eigenvalue weighted by molar-refractivity contribution is 0.206. The fourth-order valence-electron chi connectivity index (χ4n) is 1.34. The molecule has 0 saturated heterocycles. The van der Waals surface area contributed by atoms with Crippen molar-refractivity contribution in [2.45, 2.75) is 0 Å². The molecule has 0 spiro atoms. The first-order chi connectivity index (χ1) is 7.83. The van der Waals surface area contributed by atoms with Gasteiger partial charge in [-0.25, -0.2) is 0 Å². The van der Waals surface area contributed by atoms with E-state index in [2.05, 4.69) is 0 Å². The third kappa shape index (κ3) is 2.11. The summed E-state index contributed by atoms with van der Waals surface area (Å²) in [6, 6.07) is 9.17. The molecule has 0 unspecified atom stereocenters. The largest absolute Gasteiger partial charge is 0.497 e. The summed E-state index contributed by atoms with van der Waals surface area (Å²) in [5.41, 5.74) is 0. The first-order valence-corrected chi connectivity index (χ1v) is 4.87. The Labute approximate surface area is 93.9 Å². The minimum absolute atomic E-state index is 0.632. The number of methoxy groups -OCH3 is 2. The second-order valence-corrected chi connectivity index (χ2v) is 3.15. The number of ether oxygens (including phenoxy) is 2. The third-order valence-corrected chi connectivity index (χ3v) is 2.15. The highest BCUT2D eigenvalue weighted by Crippen LogP contribution is 2.31. The summed E-state index contributed by atoms with van der Waals surface area (Å²) in [6.07, 6.45) is 3.62. The zero-order valence-corrected chi connectivity index (χ0v) is 9.21. The van der Waals surface area contributed by atoms with Gasteiger partial charge in [-0.2, -0.15) is 4.73 Å². The molecule has 0 amide bonds. The van der Waals surface area contributed by atoms with Crippen molar-refractivity contribution in [3.8, 4) is 17.2 Å². The number of hydrogen-bond acceptors (Lipinski definition) is 3. The smallest absolute Gasteiger partial charge is 0.197 e. The Morgan fingerprint density at radius 1 is 0.938 bits per heavy atom. The highest BCUT2D eigenvalue weighted by Gasteiger charge is 2.06. The van der Waals surface area contributed by atoms with Gasteiger partial charge in [-0.15, -0.1) is 0 Å². The fraction of sp³-hybridized carbons (Fsp3) is 0.167. The third-order valence-electron chi connectivity index (χ3n) is 2.15. The van der Waals surface area contributed by atoms with Crippen LogP contribution in [0.5, 0.6) is 17.2 Å². The Morgan fingerprint density at radius 3 is 2.31 bits per heavy atom. The van der Waals surface area contributed by atoms with Gasteiger partial charge in [0.25, 0.3) is 0 Å². The molecule has 0 atom stereocenters. The predicted molar refractivity (Wildman–Crippen MR) is 60.0 cm³/mol. The summed E-state index contributed by atoms with van der Waals surface area (Å²) in [5.74, 6) is 2.00. The number of nitrogens with zero attached hydrogens (tertiary/aromatic N) is 1. The number of rotatable bonds is 4. The van der Waals surface area contributed by atoms with Crippen molar-refractivity contribution in [3.05, 3.63) is 42.7 Å². The van der Waals surface area contributed by atoms with Gasteiger partial charge in [0.15, 0.2) is 11.5 Å². The molecule has 0 radical (unpaired) electrons. The van der Waals surface area contributed by atoms with Crippen molar-refractivity contribution in [1.82, 2.24) is 4.73 Å². The fourth-order valence-corrected chi connectivity index (χ4v) is 1.34. The molecule has 0 fully saturated rings. The molecule has 0 saturated carbocycles. The monoisotopic (exact) mass is 219 g/mol. The van der Waals surface area contributed by atoms with E-state index in [1.165, 1.54) is 0 Å². The number of hydrogen-bond donors (Lipinski definition) is 0. The summed E-state index contributed by atoms with van der Waals surface area (Å²) in [4.78, 5) is 5.58. The zero-order chi connectivity index (χ0) is 11.4. The van der Waals surface area contributed by atoms with Crippen LogP contribution in [0, 0.1) is 0 Å². The minimum Gasteiger partial charge on any atom is -0.497 e. The Balaban J connectivity index is 2.26. The zero-order valence-electron chi connectivity index (χ0n) is 9.21. The van der Waals surface area contributed by atoms with Gasteiger partial charge in [-0.3, -0.25) is 0 Å². The van der Waals surface area contributed by atoms with Crippen molar-refractivity contribution in [3.63, 3.8) is 0 Å². The van der Waals surface area contributed by atoms with Crippen molar-refractivity contribution < 1.29 is 14.3 Å². The summed E-state index contributed by atoms with van der Waals surface area (Å²) < 4.78 is 11.9. The van der Waals surface area contributed by atoms with Gasteiger partial charge in [-0.05, 0) is 24.3 Å². The van der Waals surface area contributed by atoms with Crippen molar-refractivity contribution in [1.29, 1.82) is 0 Å². The van der Waals surface area contributed by atoms with Gasteiger partial charge in [-0.1, -0.05) is 0 Å². The molecule has 2 aromatic rings. The van der Waals surface area contributed by atoms with Crippen LogP contribution in [0.3, 0.4) is 0 Å². The normalized spacial score (nSPS) is 9.88. The summed E-state index contributed by atoms with van der Waals surface area (Å²) in [7, 11) is 3.21. The molecular formula is C12H13NO3. The summed E-state index contributed by atoms with van der Waals surface area (Å²) in [6.45, 7) is 0. The van der Waals surface area contributed by atoms with E-state index in [9.17, 15) is 0 Å². The van der Waals surface area contributed by atoms with E-state index in [-0.39, 0.29) is 0 Å². The van der Waals surface area contributed by atoms with Gasteiger partial charge >= 0.3 is 0 Å². The molecule has 0 aliphatic rings. The van der Waals surface area contributed by atoms with Crippen LogP contribution in [0.25, 0.3) is 0 Å². The molecule has 0 aliphatic heterocycles. The van der Waals surface area contributed by atoms with E-state index in [1.807, 2.05) is 30.6 Å². The predicted octanol–water partition coefficient (Wildman–Crippen LogP) is 2.35. The van der Waals surface area contributed by atoms with Crippen LogP contribution in [-0.4, -0.2) is 19.0 Å². The number of benzene rings is 1. The molecule has 1 aromatic heterocycles. The lowest BCUT2D eigenvalue weighted by Crippen LogP contribution is -2.02. The average molecular weight is 219 g/mol. The second-order valence-electron chi connectivity index (χ2n) is 3.15. The van der Waals surface area contributed by atoms with Crippen molar-refractivity contribution in [2.75, 3.05) is 14.2 Å². The molecule has 1 aromatic carbocycles. The van der Waals surface area contributed by atoms with Crippen LogP contribution in [-0.2, 0) is 0 Å². The van der Waals surface area contributed by atoms with Crippen molar-refractivity contribution in [2.24, 2.45) is 0 Å². The van der Waals surface area contributed by atoms with Gasteiger partial charge in [0, 0.05) is 18.5 Å². The highest BCUT2D eigenvalue weighted by atomic mass is 16.7. The van der Waals surface area contributed by atoms with E-state index in [1.54, 1.807) is 31.1 Å².